The predicted octanol–water partition coefficient (Wildman–Crippen LogP) is 1.67. The molecule has 0 aromatic heterocycles. The highest BCUT2D eigenvalue weighted by Crippen LogP contribution is 2.23. The number of carbonyl (C=O) groups excluding carboxylic acids is 1. The Morgan fingerprint density at radius 3 is 2.61 bits per heavy atom. The molecule has 1 N–H and O–H groups in total. The second-order valence-electron chi connectivity index (χ2n) is 5.45. The molecule has 100 valence electrons. The second-order valence-corrected chi connectivity index (χ2v) is 5.45. The third-order valence-electron chi connectivity index (χ3n) is 4.16. The van der Waals surface area contributed by atoms with E-state index in [1.54, 1.807) is 0 Å². The van der Waals surface area contributed by atoms with Crippen LogP contribution in [0.3, 0.4) is 0 Å². The summed E-state index contributed by atoms with van der Waals surface area (Å²) in [6.07, 6.45) is 7.85. The van der Waals surface area contributed by atoms with E-state index in [1.165, 1.54) is 12.8 Å². The van der Waals surface area contributed by atoms with Gasteiger partial charge >= 0.3 is 0 Å². The number of hydrogen-bond acceptors (Lipinski definition) is 3. The monoisotopic (exact) mass is 249 g/mol. The summed E-state index contributed by atoms with van der Waals surface area (Å²) in [7, 11) is 0. The standard InChI is InChI=1S/C14H23N3O/c15-10-12-6-2-3-7-13(12)16-11-14(18)17-8-4-1-5-9-17/h12-13,16H,1-9,11H2. The van der Waals surface area contributed by atoms with Crippen molar-refractivity contribution in [3.63, 3.8) is 0 Å². The van der Waals surface area contributed by atoms with Crippen LogP contribution in [0.4, 0.5) is 0 Å². The zero-order valence-corrected chi connectivity index (χ0v) is 11.0. The summed E-state index contributed by atoms with van der Waals surface area (Å²) in [4.78, 5) is 14.0. The smallest absolute Gasteiger partial charge is 0.236 e. The predicted molar refractivity (Wildman–Crippen MR) is 69.8 cm³/mol. The third-order valence-corrected chi connectivity index (χ3v) is 4.16. The average molecular weight is 249 g/mol. The van der Waals surface area contributed by atoms with Gasteiger partial charge in [-0.1, -0.05) is 12.8 Å². The van der Waals surface area contributed by atoms with Crippen LogP contribution >= 0.6 is 0 Å². The molecule has 1 heterocycles. The lowest BCUT2D eigenvalue weighted by atomic mass is 9.85. The van der Waals surface area contributed by atoms with Gasteiger partial charge in [0.1, 0.15) is 0 Å². The van der Waals surface area contributed by atoms with E-state index in [-0.39, 0.29) is 17.9 Å². The van der Waals surface area contributed by atoms with Crippen LogP contribution in [0.25, 0.3) is 0 Å². The Hall–Kier alpha value is -1.08. The van der Waals surface area contributed by atoms with Crippen molar-refractivity contribution in [2.45, 2.75) is 51.0 Å². The first-order valence-electron chi connectivity index (χ1n) is 7.22. The minimum atomic E-state index is 0.0907. The maximum atomic E-state index is 12.0. The Morgan fingerprint density at radius 1 is 1.17 bits per heavy atom. The maximum absolute atomic E-state index is 12.0. The summed E-state index contributed by atoms with van der Waals surface area (Å²) in [6, 6.07) is 2.59. The van der Waals surface area contributed by atoms with Crippen LogP contribution in [-0.4, -0.2) is 36.5 Å². The molecule has 4 nitrogen and oxygen atoms in total. The lowest BCUT2D eigenvalue weighted by Crippen LogP contribution is -2.46. The minimum absolute atomic E-state index is 0.0907. The van der Waals surface area contributed by atoms with Crippen LogP contribution in [0.1, 0.15) is 44.9 Å². The van der Waals surface area contributed by atoms with Crippen molar-refractivity contribution in [1.29, 1.82) is 5.26 Å². The van der Waals surface area contributed by atoms with Crippen molar-refractivity contribution in [1.82, 2.24) is 10.2 Å². The molecule has 2 unspecified atom stereocenters. The van der Waals surface area contributed by atoms with Gasteiger partial charge in [0.15, 0.2) is 0 Å². The van der Waals surface area contributed by atoms with Gasteiger partial charge in [0, 0.05) is 19.1 Å². The molecule has 2 rings (SSSR count). The molecule has 2 fully saturated rings. The first-order valence-corrected chi connectivity index (χ1v) is 7.22. The fourth-order valence-corrected chi connectivity index (χ4v) is 3.00. The Kier molecular flexibility index (Phi) is 5.00. The van der Waals surface area contributed by atoms with Crippen LogP contribution in [0.2, 0.25) is 0 Å². The number of nitrogens with zero attached hydrogens (tertiary/aromatic N) is 2. The molecule has 0 aromatic carbocycles. The second kappa shape index (κ2) is 6.75. The molecule has 18 heavy (non-hydrogen) atoms. The van der Waals surface area contributed by atoms with Crippen molar-refractivity contribution in [2.24, 2.45) is 5.92 Å². The molecule has 1 aliphatic heterocycles. The van der Waals surface area contributed by atoms with Crippen molar-refractivity contribution in [3.8, 4) is 6.07 Å². The fraction of sp³-hybridized carbons (Fsp3) is 0.857. The van der Waals surface area contributed by atoms with E-state index in [1.807, 2.05) is 4.90 Å². The molecule has 0 bridgehead atoms. The van der Waals surface area contributed by atoms with Gasteiger partial charge in [-0.25, -0.2) is 0 Å². The number of rotatable bonds is 3. The third kappa shape index (κ3) is 3.46. The minimum Gasteiger partial charge on any atom is -0.342 e. The Labute approximate surface area is 109 Å². The van der Waals surface area contributed by atoms with Crippen molar-refractivity contribution in [2.75, 3.05) is 19.6 Å². The Bertz CT molecular complexity index is 317. The first-order chi connectivity index (χ1) is 8.81. The Balaban J connectivity index is 1.76. The molecule has 1 aliphatic carbocycles. The summed E-state index contributed by atoms with van der Waals surface area (Å²) < 4.78 is 0. The van der Waals surface area contributed by atoms with E-state index in [0.29, 0.717) is 6.54 Å². The largest absolute Gasteiger partial charge is 0.342 e. The van der Waals surface area contributed by atoms with Gasteiger partial charge in [-0.2, -0.15) is 5.26 Å². The molecule has 1 saturated heterocycles. The highest BCUT2D eigenvalue weighted by atomic mass is 16.2. The average Bonchev–Trinajstić information content (AvgIpc) is 2.46. The zero-order valence-electron chi connectivity index (χ0n) is 11.0. The SMILES string of the molecule is N#CC1CCCCC1NCC(=O)N1CCCCC1. The molecule has 2 atom stereocenters. The van der Waals surface area contributed by atoms with Gasteiger partial charge in [0.25, 0.3) is 0 Å². The molecule has 4 heteroatoms. The summed E-state index contributed by atoms with van der Waals surface area (Å²) in [5.41, 5.74) is 0. The fourth-order valence-electron chi connectivity index (χ4n) is 3.00. The number of nitrogens with one attached hydrogen (secondary N) is 1. The molecule has 1 amide bonds. The lowest BCUT2D eigenvalue weighted by molar-refractivity contribution is -0.131. The van der Waals surface area contributed by atoms with E-state index in [0.717, 1.165) is 45.2 Å². The van der Waals surface area contributed by atoms with Crippen molar-refractivity contribution < 1.29 is 4.79 Å². The quantitative estimate of drug-likeness (QED) is 0.827. The van der Waals surface area contributed by atoms with Gasteiger partial charge < -0.3 is 10.2 Å². The number of carbonyl (C=O) groups is 1. The topological polar surface area (TPSA) is 56.1 Å². The molecule has 2 aliphatic rings. The summed E-state index contributed by atoms with van der Waals surface area (Å²) >= 11 is 0. The van der Waals surface area contributed by atoms with Crippen molar-refractivity contribution in [3.05, 3.63) is 0 Å². The number of piperidine rings is 1. The highest BCUT2D eigenvalue weighted by Gasteiger charge is 2.25. The molecule has 1 saturated carbocycles. The summed E-state index contributed by atoms with van der Waals surface area (Å²) in [5.74, 6) is 0.296. The molecule has 0 aromatic rings. The van der Waals surface area contributed by atoms with E-state index in [9.17, 15) is 4.79 Å². The number of hydrogen-bond donors (Lipinski definition) is 1. The molecular formula is C14H23N3O. The van der Waals surface area contributed by atoms with Gasteiger partial charge in [0.2, 0.25) is 5.91 Å². The van der Waals surface area contributed by atoms with E-state index < -0.39 is 0 Å². The molecular weight excluding hydrogens is 226 g/mol. The van der Waals surface area contributed by atoms with Crippen LogP contribution in [0, 0.1) is 17.2 Å². The summed E-state index contributed by atoms with van der Waals surface area (Å²) in [5, 5.41) is 12.4. The number of amides is 1. The first kappa shape index (κ1) is 13.4. The van der Waals surface area contributed by atoms with E-state index in [4.69, 9.17) is 5.26 Å². The number of nitriles is 1. The number of likely N-dealkylation sites (tertiary alicyclic amines) is 1. The van der Waals surface area contributed by atoms with Crippen LogP contribution < -0.4 is 5.32 Å². The van der Waals surface area contributed by atoms with Crippen LogP contribution in [0.15, 0.2) is 0 Å². The lowest BCUT2D eigenvalue weighted by Gasteiger charge is -2.30. The highest BCUT2D eigenvalue weighted by molar-refractivity contribution is 5.78. The maximum Gasteiger partial charge on any atom is 0.236 e. The normalized spacial score (nSPS) is 28.7. The van der Waals surface area contributed by atoms with E-state index in [2.05, 4.69) is 11.4 Å². The van der Waals surface area contributed by atoms with Crippen molar-refractivity contribution >= 4 is 5.91 Å². The zero-order chi connectivity index (χ0) is 12.8. The van der Waals surface area contributed by atoms with Crippen LogP contribution in [0.5, 0.6) is 0 Å². The van der Waals surface area contributed by atoms with E-state index >= 15 is 0 Å². The van der Waals surface area contributed by atoms with Gasteiger partial charge in [-0.3, -0.25) is 4.79 Å². The Morgan fingerprint density at radius 2 is 1.89 bits per heavy atom. The van der Waals surface area contributed by atoms with Crippen LogP contribution in [-0.2, 0) is 4.79 Å². The molecule has 0 spiro atoms. The molecule has 0 radical (unpaired) electrons. The van der Waals surface area contributed by atoms with Gasteiger partial charge in [0.05, 0.1) is 18.5 Å². The van der Waals surface area contributed by atoms with Gasteiger partial charge in [-0.05, 0) is 32.1 Å². The summed E-state index contributed by atoms with van der Waals surface area (Å²) in [6.45, 7) is 2.22. The van der Waals surface area contributed by atoms with Gasteiger partial charge in [-0.15, -0.1) is 0 Å².